The summed E-state index contributed by atoms with van der Waals surface area (Å²) in [6.07, 6.45) is 1.51. The van der Waals surface area contributed by atoms with Gasteiger partial charge in [-0.2, -0.15) is 0 Å². The Balaban J connectivity index is 2.11. The summed E-state index contributed by atoms with van der Waals surface area (Å²) in [6, 6.07) is 11.3. The summed E-state index contributed by atoms with van der Waals surface area (Å²) in [5, 5.41) is 13.9. The number of nitrogens with zero attached hydrogens (tertiary/aromatic N) is 2. The van der Waals surface area contributed by atoms with E-state index in [4.69, 9.17) is 0 Å². The van der Waals surface area contributed by atoms with E-state index in [9.17, 15) is 10.1 Å². The minimum atomic E-state index is -0.398. The van der Waals surface area contributed by atoms with Crippen LogP contribution in [-0.2, 0) is 6.54 Å². The number of nitrogens with one attached hydrogen (secondary N) is 1. The van der Waals surface area contributed by atoms with Gasteiger partial charge in [-0.05, 0) is 12.5 Å². The molecule has 0 fully saturated rings. The summed E-state index contributed by atoms with van der Waals surface area (Å²) in [6.45, 7) is 2.26. The Morgan fingerprint density at radius 2 is 2.06 bits per heavy atom. The normalized spacial score (nSPS) is 10.1. The van der Waals surface area contributed by atoms with Crippen molar-refractivity contribution < 1.29 is 4.92 Å². The zero-order valence-electron chi connectivity index (χ0n) is 9.96. The van der Waals surface area contributed by atoms with Gasteiger partial charge in [0.2, 0.25) is 0 Å². The lowest BCUT2D eigenvalue weighted by molar-refractivity contribution is -0.385. The Hall–Kier alpha value is -2.43. The second-order valence-electron chi connectivity index (χ2n) is 3.95. The van der Waals surface area contributed by atoms with E-state index in [0.29, 0.717) is 17.9 Å². The second-order valence-corrected chi connectivity index (χ2v) is 3.95. The number of anilines is 1. The molecule has 18 heavy (non-hydrogen) atoms. The molecule has 5 heteroatoms. The molecule has 0 aliphatic rings. The van der Waals surface area contributed by atoms with Crippen molar-refractivity contribution in [3.63, 3.8) is 0 Å². The van der Waals surface area contributed by atoms with E-state index >= 15 is 0 Å². The first-order valence-electron chi connectivity index (χ1n) is 5.55. The van der Waals surface area contributed by atoms with Gasteiger partial charge in [-0.3, -0.25) is 10.1 Å². The molecule has 0 aliphatic heterocycles. The maximum Gasteiger partial charge on any atom is 0.277 e. The van der Waals surface area contributed by atoms with Crippen LogP contribution in [0.3, 0.4) is 0 Å². The molecular weight excluding hydrogens is 230 g/mol. The molecule has 1 heterocycles. The molecule has 0 spiro atoms. The lowest BCUT2D eigenvalue weighted by Crippen LogP contribution is -2.02. The van der Waals surface area contributed by atoms with Crippen LogP contribution in [0.4, 0.5) is 11.5 Å². The van der Waals surface area contributed by atoms with Crippen LogP contribution in [-0.4, -0.2) is 9.91 Å². The van der Waals surface area contributed by atoms with Gasteiger partial charge in [0, 0.05) is 18.3 Å². The average molecular weight is 243 g/mol. The van der Waals surface area contributed by atoms with Crippen LogP contribution in [0.25, 0.3) is 0 Å². The molecule has 0 unspecified atom stereocenters. The maximum absolute atomic E-state index is 10.8. The Bertz CT molecular complexity index is 555. The third-order valence-electron chi connectivity index (χ3n) is 2.59. The monoisotopic (exact) mass is 243 g/mol. The average Bonchev–Trinajstić information content (AvgIpc) is 2.38. The number of hydrogen-bond acceptors (Lipinski definition) is 4. The number of pyridine rings is 1. The van der Waals surface area contributed by atoms with E-state index in [1.807, 2.05) is 30.3 Å². The molecule has 2 aromatic rings. The minimum Gasteiger partial charge on any atom is -0.366 e. The Morgan fingerprint density at radius 3 is 2.72 bits per heavy atom. The van der Waals surface area contributed by atoms with Crippen LogP contribution in [0, 0.1) is 17.0 Å². The Kier molecular flexibility index (Phi) is 3.52. The zero-order valence-corrected chi connectivity index (χ0v) is 9.96. The molecule has 0 saturated carbocycles. The first-order chi connectivity index (χ1) is 8.66. The van der Waals surface area contributed by atoms with Crippen molar-refractivity contribution in [2.75, 3.05) is 5.32 Å². The fourth-order valence-corrected chi connectivity index (χ4v) is 1.59. The van der Waals surface area contributed by atoms with Gasteiger partial charge in [0.05, 0.1) is 11.0 Å². The Labute approximate surface area is 105 Å². The quantitative estimate of drug-likeness (QED) is 0.662. The van der Waals surface area contributed by atoms with Crippen LogP contribution in [0.5, 0.6) is 0 Å². The van der Waals surface area contributed by atoms with Crippen LogP contribution in [0.1, 0.15) is 11.1 Å². The molecule has 0 bridgehead atoms. The summed E-state index contributed by atoms with van der Waals surface area (Å²) in [7, 11) is 0. The van der Waals surface area contributed by atoms with Crippen LogP contribution < -0.4 is 5.32 Å². The number of hydrogen-bond donors (Lipinski definition) is 1. The summed E-state index contributed by atoms with van der Waals surface area (Å²) in [5.41, 5.74) is 1.74. The fourth-order valence-electron chi connectivity index (χ4n) is 1.59. The van der Waals surface area contributed by atoms with E-state index < -0.39 is 4.92 Å². The molecule has 0 radical (unpaired) electrons. The van der Waals surface area contributed by atoms with Gasteiger partial charge < -0.3 is 5.32 Å². The van der Waals surface area contributed by atoms with Crippen molar-refractivity contribution in [3.8, 4) is 0 Å². The van der Waals surface area contributed by atoms with Crippen molar-refractivity contribution in [2.45, 2.75) is 13.5 Å². The molecule has 0 saturated heterocycles. The van der Waals surface area contributed by atoms with Gasteiger partial charge in [-0.1, -0.05) is 30.3 Å². The number of nitro groups is 1. The highest BCUT2D eigenvalue weighted by atomic mass is 16.6. The van der Waals surface area contributed by atoms with E-state index in [1.54, 1.807) is 6.92 Å². The van der Waals surface area contributed by atoms with E-state index in [-0.39, 0.29) is 5.69 Å². The summed E-state index contributed by atoms with van der Waals surface area (Å²) >= 11 is 0. The van der Waals surface area contributed by atoms with Crippen LogP contribution in [0.15, 0.2) is 42.6 Å². The molecule has 2 rings (SSSR count). The van der Waals surface area contributed by atoms with Gasteiger partial charge in [0.25, 0.3) is 5.69 Å². The van der Waals surface area contributed by atoms with Crippen LogP contribution in [0.2, 0.25) is 0 Å². The van der Waals surface area contributed by atoms with Gasteiger partial charge in [0.15, 0.2) is 0 Å². The fraction of sp³-hybridized carbons (Fsp3) is 0.154. The van der Waals surface area contributed by atoms with Gasteiger partial charge >= 0.3 is 0 Å². The molecular formula is C13H13N3O2. The van der Waals surface area contributed by atoms with E-state index in [0.717, 1.165) is 5.56 Å². The van der Waals surface area contributed by atoms with Crippen molar-refractivity contribution in [1.82, 2.24) is 4.98 Å². The zero-order chi connectivity index (χ0) is 13.0. The maximum atomic E-state index is 10.8. The summed E-state index contributed by atoms with van der Waals surface area (Å²) < 4.78 is 0. The highest BCUT2D eigenvalue weighted by molar-refractivity contribution is 5.49. The van der Waals surface area contributed by atoms with Gasteiger partial charge in [0.1, 0.15) is 5.82 Å². The van der Waals surface area contributed by atoms with Crippen molar-refractivity contribution in [1.29, 1.82) is 0 Å². The third-order valence-corrected chi connectivity index (χ3v) is 2.59. The standard InChI is InChI=1S/C13H13N3O2/c1-10-8-14-13(7-12(10)16(17)18)15-9-11-5-3-2-4-6-11/h2-8H,9H2,1H3,(H,14,15). The number of aryl methyl sites for hydroxylation is 1. The van der Waals surface area contributed by atoms with Crippen LogP contribution >= 0.6 is 0 Å². The predicted octanol–water partition coefficient (Wildman–Crippen LogP) is 2.91. The second kappa shape index (κ2) is 5.27. The highest BCUT2D eigenvalue weighted by Crippen LogP contribution is 2.20. The van der Waals surface area contributed by atoms with Gasteiger partial charge in [-0.25, -0.2) is 4.98 Å². The third kappa shape index (κ3) is 2.82. The first-order valence-corrected chi connectivity index (χ1v) is 5.55. The van der Waals surface area contributed by atoms with Crippen molar-refractivity contribution in [3.05, 3.63) is 63.8 Å². The topological polar surface area (TPSA) is 68.1 Å². The molecule has 0 atom stereocenters. The van der Waals surface area contributed by atoms with Crippen molar-refractivity contribution in [2.24, 2.45) is 0 Å². The SMILES string of the molecule is Cc1cnc(NCc2ccccc2)cc1[N+](=O)[O-]. The molecule has 1 aromatic carbocycles. The Morgan fingerprint density at radius 1 is 1.33 bits per heavy atom. The summed E-state index contributed by atoms with van der Waals surface area (Å²) in [4.78, 5) is 14.5. The number of aromatic nitrogens is 1. The van der Waals surface area contributed by atoms with Crippen molar-refractivity contribution >= 4 is 11.5 Å². The molecule has 1 aromatic heterocycles. The number of rotatable bonds is 4. The smallest absolute Gasteiger partial charge is 0.277 e. The van der Waals surface area contributed by atoms with E-state index in [1.165, 1.54) is 12.3 Å². The lowest BCUT2D eigenvalue weighted by atomic mass is 10.2. The molecule has 0 amide bonds. The molecule has 1 N–H and O–H groups in total. The molecule has 5 nitrogen and oxygen atoms in total. The largest absolute Gasteiger partial charge is 0.366 e. The number of benzene rings is 1. The highest BCUT2D eigenvalue weighted by Gasteiger charge is 2.11. The van der Waals surface area contributed by atoms with E-state index in [2.05, 4.69) is 10.3 Å². The predicted molar refractivity (Wildman–Crippen MR) is 69.4 cm³/mol. The lowest BCUT2D eigenvalue weighted by Gasteiger charge is -2.06. The molecule has 0 aliphatic carbocycles. The molecule has 92 valence electrons. The minimum absolute atomic E-state index is 0.0839. The summed E-state index contributed by atoms with van der Waals surface area (Å²) in [5.74, 6) is 0.510. The first kappa shape index (κ1) is 12.0. The van der Waals surface area contributed by atoms with Gasteiger partial charge in [-0.15, -0.1) is 0 Å².